The van der Waals surface area contributed by atoms with E-state index in [4.69, 9.17) is 0 Å². The Morgan fingerprint density at radius 2 is 2.00 bits per heavy atom. The van der Waals surface area contributed by atoms with Gasteiger partial charge in [0.2, 0.25) is 0 Å². The van der Waals surface area contributed by atoms with E-state index >= 15 is 0 Å². The van der Waals surface area contributed by atoms with E-state index in [9.17, 15) is 23.4 Å². The minimum Gasteiger partial charge on any atom is -0.507 e. The van der Waals surface area contributed by atoms with Crippen LogP contribution in [-0.2, 0) is 6.18 Å². The molecule has 162 valence electrons. The molecule has 0 amide bonds. The number of nitrogens with one attached hydrogen (secondary N) is 1. The summed E-state index contributed by atoms with van der Waals surface area (Å²) < 4.78 is 38.5. The van der Waals surface area contributed by atoms with Gasteiger partial charge in [-0.25, -0.2) is 9.99 Å². The van der Waals surface area contributed by atoms with Gasteiger partial charge in [-0.1, -0.05) is 0 Å². The lowest BCUT2D eigenvalue weighted by atomic mass is 9.98. The zero-order valence-corrected chi connectivity index (χ0v) is 16.6. The Morgan fingerprint density at radius 3 is 2.67 bits per heavy atom. The number of aromatic nitrogens is 3. The van der Waals surface area contributed by atoms with E-state index in [1.54, 1.807) is 6.92 Å². The van der Waals surface area contributed by atoms with Crippen LogP contribution >= 0.6 is 0 Å². The molecule has 3 heterocycles. The molecule has 30 heavy (non-hydrogen) atoms. The average Bonchev–Trinajstić information content (AvgIpc) is 2.70. The predicted molar refractivity (Wildman–Crippen MR) is 102 cm³/mol. The van der Waals surface area contributed by atoms with Crippen LogP contribution in [0.1, 0.15) is 31.0 Å². The van der Waals surface area contributed by atoms with E-state index in [0.29, 0.717) is 11.8 Å². The summed E-state index contributed by atoms with van der Waals surface area (Å²) in [6, 6.07) is 2.71. The second kappa shape index (κ2) is 7.64. The van der Waals surface area contributed by atoms with Crippen molar-refractivity contribution in [2.45, 2.75) is 51.2 Å². The Hall–Kier alpha value is -2.50. The summed E-state index contributed by atoms with van der Waals surface area (Å²) in [6.07, 6.45) is -3.19. The van der Waals surface area contributed by atoms with Crippen LogP contribution in [0.3, 0.4) is 0 Å². The lowest BCUT2D eigenvalue weighted by molar-refractivity contribution is -0.137. The fraction of sp³-hybridized carbons (Fsp3) is 0.526. The van der Waals surface area contributed by atoms with Gasteiger partial charge in [0.25, 0.3) is 5.95 Å². The lowest BCUT2D eigenvalue weighted by Gasteiger charge is -2.51. The first-order valence-electron chi connectivity index (χ1n) is 9.74. The van der Waals surface area contributed by atoms with Gasteiger partial charge in [0.15, 0.2) is 0 Å². The van der Waals surface area contributed by atoms with Crippen molar-refractivity contribution in [1.29, 1.82) is 0 Å². The van der Waals surface area contributed by atoms with Gasteiger partial charge in [0.05, 0.1) is 17.3 Å². The van der Waals surface area contributed by atoms with E-state index in [2.05, 4.69) is 25.5 Å². The first-order valence-corrected chi connectivity index (χ1v) is 9.74. The van der Waals surface area contributed by atoms with Crippen molar-refractivity contribution >= 4 is 5.95 Å². The number of hydrogen-bond donors (Lipinski definition) is 3. The summed E-state index contributed by atoms with van der Waals surface area (Å²) in [7, 11) is 0. The Balaban J connectivity index is 1.57. The van der Waals surface area contributed by atoms with E-state index in [1.165, 1.54) is 0 Å². The molecule has 0 saturated carbocycles. The third kappa shape index (κ3) is 3.80. The summed E-state index contributed by atoms with van der Waals surface area (Å²) in [4.78, 5) is 6.42. The maximum atomic E-state index is 12.8. The lowest BCUT2D eigenvalue weighted by Crippen LogP contribution is -2.66. The molecule has 4 atom stereocenters. The zero-order chi connectivity index (χ0) is 21.6. The summed E-state index contributed by atoms with van der Waals surface area (Å²) >= 11 is 0. The summed E-state index contributed by atoms with van der Waals surface area (Å²) in [6.45, 7) is 5.17. The molecule has 2 saturated heterocycles. The number of aliphatic hydroxyl groups is 1. The maximum absolute atomic E-state index is 12.8. The van der Waals surface area contributed by atoms with Crippen LogP contribution in [0.15, 0.2) is 18.2 Å². The number of anilines is 1. The number of alkyl halides is 3. The number of piperazine rings is 1. The molecule has 8 nitrogen and oxygen atoms in total. The topological polar surface area (TPSA) is 97.6 Å². The third-order valence-corrected chi connectivity index (χ3v) is 5.74. The number of fused-ring (bicyclic) bond motifs is 2. The highest BCUT2D eigenvalue weighted by Crippen LogP contribution is 2.36. The number of hydrazine groups is 1. The first-order chi connectivity index (χ1) is 14.1. The first kappa shape index (κ1) is 20.8. The molecule has 2 fully saturated rings. The van der Waals surface area contributed by atoms with Crippen LogP contribution in [0.2, 0.25) is 0 Å². The van der Waals surface area contributed by atoms with E-state index < -0.39 is 23.7 Å². The largest absolute Gasteiger partial charge is 0.507 e. The molecular formula is C19H23F3N6O2. The monoisotopic (exact) mass is 424 g/mol. The van der Waals surface area contributed by atoms with Crippen LogP contribution in [0.25, 0.3) is 11.3 Å². The number of phenols is 1. The maximum Gasteiger partial charge on any atom is 0.416 e. The Morgan fingerprint density at radius 1 is 1.23 bits per heavy atom. The third-order valence-electron chi connectivity index (χ3n) is 5.74. The molecule has 2 aliphatic rings. The van der Waals surface area contributed by atoms with Crippen molar-refractivity contribution in [2.75, 3.05) is 18.5 Å². The smallest absolute Gasteiger partial charge is 0.416 e. The van der Waals surface area contributed by atoms with Crippen molar-refractivity contribution in [2.24, 2.45) is 0 Å². The second-order valence-electron chi connectivity index (χ2n) is 7.76. The number of nitrogens with zero attached hydrogens (tertiary/aromatic N) is 5. The fourth-order valence-corrected chi connectivity index (χ4v) is 4.15. The number of aliphatic hydroxyl groups excluding tert-OH is 1. The van der Waals surface area contributed by atoms with Crippen LogP contribution in [-0.4, -0.2) is 66.7 Å². The van der Waals surface area contributed by atoms with Gasteiger partial charge >= 0.3 is 6.18 Å². The van der Waals surface area contributed by atoms with Crippen LogP contribution < -0.4 is 5.43 Å². The molecular weight excluding hydrogens is 401 g/mol. The Bertz CT molecular complexity index is 939. The normalized spacial score (nSPS) is 27.1. The van der Waals surface area contributed by atoms with Gasteiger partial charge in [0, 0.05) is 24.7 Å². The number of hydrogen-bond acceptors (Lipinski definition) is 8. The van der Waals surface area contributed by atoms with Gasteiger partial charge in [-0.15, -0.1) is 10.2 Å². The summed E-state index contributed by atoms with van der Waals surface area (Å²) in [5.41, 5.74) is 2.91. The number of halogens is 3. The Kier molecular flexibility index (Phi) is 5.28. The number of benzene rings is 1. The molecule has 3 N–H and O–H groups in total. The van der Waals surface area contributed by atoms with Crippen molar-refractivity contribution < 1.29 is 23.4 Å². The van der Waals surface area contributed by atoms with E-state index in [0.717, 1.165) is 38.1 Å². The molecule has 2 aromatic rings. The number of piperidine rings is 1. The highest BCUT2D eigenvalue weighted by atomic mass is 19.4. The number of aromatic hydroxyl groups is 1. The Labute approximate surface area is 171 Å². The zero-order valence-electron chi connectivity index (χ0n) is 16.6. The van der Waals surface area contributed by atoms with Gasteiger partial charge in [-0.05, 0) is 44.9 Å². The number of rotatable bonds is 3. The van der Waals surface area contributed by atoms with Gasteiger partial charge < -0.3 is 10.2 Å². The van der Waals surface area contributed by atoms with Crippen LogP contribution in [0.4, 0.5) is 19.1 Å². The molecule has 0 radical (unpaired) electrons. The molecule has 4 rings (SSSR count). The van der Waals surface area contributed by atoms with Crippen molar-refractivity contribution in [1.82, 2.24) is 25.1 Å². The van der Waals surface area contributed by atoms with Crippen molar-refractivity contribution in [3.05, 3.63) is 29.5 Å². The summed E-state index contributed by atoms with van der Waals surface area (Å²) in [5.74, 6) is -0.319. The molecule has 11 heteroatoms. The molecule has 1 unspecified atom stereocenters. The van der Waals surface area contributed by atoms with Gasteiger partial charge in [-0.3, -0.25) is 10.3 Å². The second-order valence-corrected chi connectivity index (χ2v) is 7.76. The predicted octanol–water partition coefficient (Wildman–Crippen LogP) is 2.39. The average molecular weight is 424 g/mol. The molecule has 2 aliphatic heterocycles. The van der Waals surface area contributed by atoms with Crippen LogP contribution in [0, 0.1) is 6.92 Å². The highest BCUT2D eigenvalue weighted by molar-refractivity contribution is 5.69. The van der Waals surface area contributed by atoms with E-state index in [-0.39, 0.29) is 29.3 Å². The number of aryl methyl sites for hydroxylation is 1. The minimum absolute atomic E-state index is 0.122. The molecule has 0 spiro atoms. The van der Waals surface area contributed by atoms with Crippen molar-refractivity contribution in [3.63, 3.8) is 0 Å². The molecule has 1 aromatic carbocycles. The quantitative estimate of drug-likeness (QED) is 0.691. The van der Waals surface area contributed by atoms with E-state index in [1.807, 2.05) is 11.9 Å². The molecule has 2 bridgehead atoms. The number of phenolic OH excluding ortho intramolecular Hbond substituents is 1. The molecule has 1 aromatic heterocycles. The SMILES string of the molecule is Cc1nc(NN2[C@@H]3CCCN(C3)[C@H](O)[C@H]2C)nnc1-c1ccc(C(F)(F)F)cc1O. The fourth-order valence-electron chi connectivity index (χ4n) is 4.15. The molecule has 0 aliphatic carbocycles. The van der Waals surface area contributed by atoms with Crippen LogP contribution in [0.5, 0.6) is 5.75 Å². The van der Waals surface area contributed by atoms with Gasteiger partial charge in [-0.2, -0.15) is 13.2 Å². The van der Waals surface area contributed by atoms with Gasteiger partial charge in [0.1, 0.15) is 17.7 Å². The minimum atomic E-state index is -4.55. The standard InChI is InChI=1S/C19H23F3N6O2/c1-10-16(14-6-5-12(8-15(14)29)19(20,21)22)24-25-18(23-10)26-28-11(2)17(30)27-7-3-4-13(28)9-27/h5-6,8,11,13,17,29-30H,3-4,7,9H2,1-2H3,(H,23,25,26)/t11-,13-,17-/m1/s1. The van der Waals surface area contributed by atoms with Crippen molar-refractivity contribution in [3.8, 4) is 17.0 Å². The summed E-state index contributed by atoms with van der Waals surface area (Å²) in [5, 5.41) is 30.6. The highest BCUT2D eigenvalue weighted by Gasteiger charge is 2.41.